The topological polar surface area (TPSA) is 29.4 Å². The van der Waals surface area contributed by atoms with Gasteiger partial charge in [-0.3, -0.25) is 4.79 Å². The van der Waals surface area contributed by atoms with Gasteiger partial charge in [0.15, 0.2) is 5.12 Å². The maximum atomic E-state index is 10.7. The van der Waals surface area contributed by atoms with Crippen LogP contribution in [0.5, 0.6) is 0 Å². The number of aliphatic imine (C=N–C) groups is 1. The summed E-state index contributed by atoms with van der Waals surface area (Å²) in [6, 6.07) is 5.45. The summed E-state index contributed by atoms with van der Waals surface area (Å²) in [4.78, 5) is 14.5. The molecule has 0 spiro atoms. The van der Waals surface area contributed by atoms with Crippen LogP contribution in [0.25, 0.3) is 6.08 Å². The van der Waals surface area contributed by atoms with Crippen LogP contribution in [0.15, 0.2) is 29.3 Å². The highest BCUT2D eigenvalue weighted by atomic mass is 35.5. The highest BCUT2D eigenvalue weighted by Gasteiger charge is 1.98. The van der Waals surface area contributed by atoms with Crippen LogP contribution in [0.2, 0.25) is 5.02 Å². The second-order valence-corrected chi connectivity index (χ2v) is 4.91. The van der Waals surface area contributed by atoms with E-state index in [0.717, 1.165) is 5.56 Å². The van der Waals surface area contributed by atoms with Crippen LogP contribution in [0.1, 0.15) is 12.5 Å². The molecule has 0 saturated heterocycles. The van der Waals surface area contributed by atoms with Crippen LogP contribution in [0.4, 0.5) is 5.69 Å². The van der Waals surface area contributed by atoms with Gasteiger partial charge in [-0.05, 0) is 29.9 Å². The number of rotatable bonds is 4. The largest absolute Gasteiger partial charge is 0.288 e. The van der Waals surface area contributed by atoms with E-state index < -0.39 is 0 Å². The quantitative estimate of drug-likeness (QED) is 0.607. The van der Waals surface area contributed by atoms with Crippen molar-refractivity contribution in [3.8, 4) is 0 Å². The molecule has 0 radical (unpaired) electrons. The van der Waals surface area contributed by atoms with Gasteiger partial charge < -0.3 is 0 Å². The monoisotopic (exact) mass is 283 g/mol. The third-order valence-corrected chi connectivity index (χ3v) is 2.99. The van der Waals surface area contributed by atoms with Crippen LogP contribution in [-0.2, 0) is 4.79 Å². The molecule has 17 heavy (non-hydrogen) atoms. The van der Waals surface area contributed by atoms with Crippen molar-refractivity contribution in [2.75, 3.05) is 5.75 Å². The molecule has 0 atom stereocenters. The predicted octanol–water partition coefficient (Wildman–Crippen LogP) is 4.37. The van der Waals surface area contributed by atoms with Gasteiger partial charge in [0.1, 0.15) is 0 Å². The molecule has 1 aromatic rings. The summed E-state index contributed by atoms with van der Waals surface area (Å²) in [6.45, 7) is 1.55. The maximum Gasteiger partial charge on any atom is 0.186 e. The molecule has 0 unspecified atom stereocenters. The van der Waals surface area contributed by atoms with E-state index in [9.17, 15) is 4.79 Å². The zero-order chi connectivity index (χ0) is 12.7. The lowest BCUT2D eigenvalue weighted by atomic mass is 10.2. The SMILES string of the molecule is CC(=O)SCC=Cc1ccc(N=C=S)c(Cl)c1. The minimum absolute atomic E-state index is 0.110. The molecule has 1 aromatic carbocycles. The Morgan fingerprint density at radius 1 is 1.65 bits per heavy atom. The standard InChI is InChI=1S/C12H10ClNOS2/c1-9(15)17-6-2-3-10-4-5-12(14-8-16)11(13)7-10/h2-5,7H,6H2,1H3. The van der Waals surface area contributed by atoms with Gasteiger partial charge in [-0.2, -0.15) is 4.99 Å². The van der Waals surface area contributed by atoms with E-state index in [4.69, 9.17) is 11.6 Å². The zero-order valence-electron chi connectivity index (χ0n) is 9.14. The van der Waals surface area contributed by atoms with Crippen LogP contribution >= 0.6 is 35.6 Å². The molecular weight excluding hydrogens is 274 g/mol. The van der Waals surface area contributed by atoms with E-state index in [0.29, 0.717) is 16.5 Å². The fourth-order valence-corrected chi connectivity index (χ4v) is 1.87. The van der Waals surface area contributed by atoms with Gasteiger partial charge in [0.2, 0.25) is 0 Å². The van der Waals surface area contributed by atoms with Gasteiger partial charge in [0, 0.05) is 12.7 Å². The highest BCUT2D eigenvalue weighted by molar-refractivity contribution is 8.13. The highest BCUT2D eigenvalue weighted by Crippen LogP contribution is 2.25. The third-order valence-electron chi connectivity index (χ3n) is 1.83. The van der Waals surface area contributed by atoms with Crippen LogP contribution in [0.3, 0.4) is 0 Å². The van der Waals surface area contributed by atoms with Crippen molar-refractivity contribution >= 4 is 57.6 Å². The number of benzene rings is 1. The Balaban J connectivity index is 2.70. The van der Waals surface area contributed by atoms with E-state index in [1.165, 1.54) is 11.8 Å². The first kappa shape index (κ1) is 14.1. The molecule has 0 aromatic heterocycles. The number of carbonyl (C=O) groups excluding carboxylic acids is 1. The summed E-state index contributed by atoms with van der Waals surface area (Å²) in [6.07, 6.45) is 3.83. The van der Waals surface area contributed by atoms with Gasteiger partial charge in [0.25, 0.3) is 0 Å². The van der Waals surface area contributed by atoms with Gasteiger partial charge in [0.05, 0.1) is 15.9 Å². The number of carbonyl (C=O) groups is 1. The van der Waals surface area contributed by atoms with Crippen molar-refractivity contribution in [1.82, 2.24) is 0 Å². The Morgan fingerprint density at radius 2 is 2.41 bits per heavy atom. The lowest BCUT2D eigenvalue weighted by Gasteiger charge is -1.98. The number of halogens is 1. The Kier molecular flexibility index (Phi) is 6.16. The molecule has 0 aliphatic heterocycles. The van der Waals surface area contributed by atoms with E-state index >= 15 is 0 Å². The summed E-state index contributed by atoms with van der Waals surface area (Å²) in [7, 11) is 0. The molecule has 0 amide bonds. The first-order valence-electron chi connectivity index (χ1n) is 4.81. The summed E-state index contributed by atoms with van der Waals surface area (Å²) in [5.74, 6) is 0.660. The van der Waals surface area contributed by atoms with Gasteiger partial charge in [-0.1, -0.05) is 41.6 Å². The average molecular weight is 284 g/mol. The van der Waals surface area contributed by atoms with Crippen molar-refractivity contribution < 1.29 is 4.79 Å². The molecule has 0 heterocycles. The normalized spacial score (nSPS) is 10.2. The van der Waals surface area contributed by atoms with E-state index in [-0.39, 0.29) is 5.12 Å². The molecular formula is C12H10ClNOS2. The molecule has 0 N–H and O–H groups in total. The third kappa shape index (κ3) is 5.29. The predicted molar refractivity (Wildman–Crippen MR) is 78.3 cm³/mol. The summed E-state index contributed by atoms with van der Waals surface area (Å²) in [5, 5.41) is 2.91. The van der Waals surface area contributed by atoms with Gasteiger partial charge >= 0.3 is 0 Å². The molecule has 0 aliphatic rings. The number of nitrogens with zero attached hydrogens (tertiary/aromatic N) is 1. The van der Waals surface area contributed by atoms with Crippen LogP contribution in [-0.4, -0.2) is 16.0 Å². The molecule has 0 fully saturated rings. The number of thiocarbonyl (C=S) groups is 1. The molecule has 88 valence electrons. The van der Waals surface area contributed by atoms with Crippen LogP contribution in [0, 0.1) is 0 Å². The van der Waals surface area contributed by atoms with Crippen LogP contribution < -0.4 is 0 Å². The summed E-state index contributed by atoms with van der Waals surface area (Å²) >= 11 is 11.8. The second-order valence-electron chi connectivity index (χ2n) is 3.12. The van der Waals surface area contributed by atoms with Gasteiger partial charge in [-0.15, -0.1) is 0 Å². The Labute approximate surface area is 115 Å². The molecule has 5 heteroatoms. The number of hydrogen-bond acceptors (Lipinski definition) is 4. The minimum atomic E-state index is 0.110. The van der Waals surface area contributed by atoms with Gasteiger partial charge in [-0.25, -0.2) is 0 Å². The first-order chi connectivity index (χ1) is 8.13. The second kappa shape index (κ2) is 7.41. The Morgan fingerprint density at radius 3 is 3.00 bits per heavy atom. The molecule has 2 nitrogen and oxygen atoms in total. The summed E-state index contributed by atoms with van der Waals surface area (Å²) < 4.78 is 0. The Bertz CT molecular complexity index is 493. The van der Waals surface area contributed by atoms with Crippen molar-refractivity contribution in [1.29, 1.82) is 0 Å². The van der Waals surface area contributed by atoms with Crippen molar-refractivity contribution in [3.63, 3.8) is 0 Å². The number of hydrogen-bond donors (Lipinski definition) is 0. The number of isothiocyanates is 1. The number of thioether (sulfide) groups is 1. The smallest absolute Gasteiger partial charge is 0.186 e. The molecule has 0 aliphatic carbocycles. The average Bonchev–Trinajstić information content (AvgIpc) is 2.28. The minimum Gasteiger partial charge on any atom is -0.288 e. The fraction of sp³-hybridized carbons (Fsp3) is 0.167. The Hall–Kier alpha value is -0.930. The molecule has 0 bridgehead atoms. The molecule has 1 rings (SSSR count). The fourth-order valence-electron chi connectivity index (χ4n) is 1.12. The van der Waals surface area contributed by atoms with E-state index in [1.807, 2.05) is 18.2 Å². The lowest BCUT2D eigenvalue weighted by molar-refractivity contribution is -0.109. The first-order valence-corrected chi connectivity index (χ1v) is 6.58. The van der Waals surface area contributed by atoms with Crippen molar-refractivity contribution in [3.05, 3.63) is 34.9 Å². The van der Waals surface area contributed by atoms with Crippen molar-refractivity contribution in [2.24, 2.45) is 4.99 Å². The van der Waals surface area contributed by atoms with E-state index in [1.54, 1.807) is 19.1 Å². The lowest BCUT2D eigenvalue weighted by Crippen LogP contribution is -1.81. The summed E-state index contributed by atoms with van der Waals surface area (Å²) in [5.41, 5.74) is 1.57. The molecule has 0 saturated carbocycles. The zero-order valence-corrected chi connectivity index (χ0v) is 11.5. The maximum absolute atomic E-state index is 10.7. The van der Waals surface area contributed by atoms with Crippen molar-refractivity contribution in [2.45, 2.75) is 6.92 Å². The van der Waals surface area contributed by atoms with E-state index in [2.05, 4.69) is 22.4 Å².